The minimum Gasteiger partial charge on any atom is -0.492 e. The van der Waals surface area contributed by atoms with Gasteiger partial charge in [-0.25, -0.2) is 4.98 Å². The average molecular weight is 441 g/mol. The first-order valence-corrected chi connectivity index (χ1v) is 10.6. The molecule has 0 aliphatic carbocycles. The second-order valence-electron chi connectivity index (χ2n) is 7.33. The van der Waals surface area contributed by atoms with Crippen LogP contribution in [0.4, 0.5) is 11.4 Å². The second kappa shape index (κ2) is 10.3. The molecule has 0 aliphatic rings. The molecule has 4 rings (SSSR count). The minimum atomic E-state index is -0.306. The normalized spacial score (nSPS) is 10.5. The Morgan fingerprint density at radius 2 is 1.61 bits per heavy atom. The Labute approximate surface area is 192 Å². The summed E-state index contributed by atoms with van der Waals surface area (Å²) in [4.78, 5) is 29.1. The Morgan fingerprint density at radius 1 is 0.879 bits per heavy atom. The van der Waals surface area contributed by atoms with Crippen LogP contribution in [0.5, 0.6) is 5.75 Å². The van der Waals surface area contributed by atoms with Crippen molar-refractivity contribution in [2.75, 3.05) is 17.2 Å². The van der Waals surface area contributed by atoms with Gasteiger partial charge in [-0.1, -0.05) is 42.5 Å². The first kappa shape index (κ1) is 21.8. The van der Waals surface area contributed by atoms with Crippen molar-refractivity contribution in [1.29, 1.82) is 0 Å². The summed E-state index contributed by atoms with van der Waals surface area (Å²) in [5.41, 5.74) is 3.25. The second-order valence-corrected chi connectivity index (χ2v) is 7.33. The van der Waals surface area contributed by atoms with Gasteiger partial charge in [-0.2, -0.15) is 0 Å². The summed E-state index contributed by atoms with van der Waals surface area (Å²) >= 11 is 0. The summed E-state index contributed by atoms with van der Waals surface area (Å²) in [7, 11) is 0. The van der Waals surface area contributed by atoms with Gasteiger partial charge in [-0.15, -0.1) is 0 Å². The van der Waals surface area contributed by atoms with Gasteiger partial charge in [-0.05, 0) is 48.9 Å². The van der Waals surface area contributed by atoms with Crippen molar-refractivity contribution in [3.8, 4) is 5.75 Å². The highest BCUT2D eigenvalue weighted by Gasteiger charge is 2.13. The summed E-state index contributed by atoms with van der Waals surface area (Å²) in [6.07, 6.45) is 3.32. The van der Waals surface area contributed by atoms with Crippen LogP contribution in [-0.4, -0.2) is 28.0 Å². The fourth-order valence-electron chi connectivity index (χ4n) is 3.30. The number of ether oxygens (including phenoxy) is 1. The highest BCUT2D eigenvalue weighted by Crippen LogP contribution is 2.24. The number of aromatic nitrogens is 2. The van der Waals surface area contributed by atoms with Crippen molar-refractivity contribution in [1.82, 2.24) is 9.55 Å². The standard InChI is InChI=1S/C26H24N4O3/c1-2-33-24-11-7-6-10-22(24)29-26(32)23-17-30(18-27-23)16-19-12-14-21(15-13-19)28-25(31)20-8-4-3-5-9-20/h3-15,17-18H,2,16H2,1H3,(H,28,31)(H,29,32). The van der Waals surface area contributed by atoms with Crippen LogP contribution in [0.15, 0.2) is 91.4 Å². The molecule has 0 radical (unpaired) electrons. The first-order valence-electron chi connectivity index (χ1n) is 10.6. The molecular weight excluding hydrogens is 416 g/mol. The molecule has 166 valence electrons. The van der Waals surface area contributed by atoms with Gasteiger partial charge in [0.1, 0.15) is 11.4 Å². The number of nitrogens with one attached hydrogen (secondary N) is 2. The van der Waals surface area contributed by atoms with Crippen molar-refractivity contribution in [2.45, 2.75) is 13.5 Å². The van der Waals surface area contributed by atoms with E-state index in [4.69, 9.17) is 4.74 Å². The van der Waals surface area contributed by atoms with E-state index in [1.807, 2.05) is 72.2 Å². The van der Waals surface area contributed by atoms with Crippen molar-refractivity contribution >= 4 is 23.2 Å². The topological polar surface area (TPSA) is 85.2 Å². The number of amides is 2. The van der Waals surface area contributed by atoms with E-state index < -0.39 is 0 Å². The SMILES string of the molecule is CCOc1ccccc1NC(=O)c1cn(Cc2ccc(NC(=O)c3ccccc3)cc2)cn1. The number of anilines is 2. The van der Waals surface area contributed by atoms with Gasteiger partial charge in [0.15, 0.2) is 0 Å². The van der Waals surface area contributed by atoms with Crippen molar-refractivity contribution in [3.63, 3.8) is 0 Å². The molecule has 2 amide bonds. The molecule has 2 N–H and O–H groups in total. The van der Waals surface area contributed by atoms with Crippen molar-refractivity contribution in [3.05, 3.63) is 108 Å². The molecule has 0 saturated carbocycles. The third-order valence-electron chi connectivity index (χ3n) is 4.91. The fraction of sp³-hybridized carbons (Fsp3) is 0.115. The monoisotopic (exact) mass is 440 g/mol. The molecule has 33 heavy (non-hydrogen) atoms. The first-order chi connectivity index (χ1) is 16.1. The maximum Gasteiger partial charge on any atom is 0.275 e. The Bertz CT molecular complexity index is 1230. The maximum atomic E-state index is 12.6. The zero-order chi connectivity index (χ0) is 23.0. The molecule has 3 aromatic carbocycles. The number of para-hydroxylation sites is 2. The lowest BCUT2D eigenvalue weighted by molar-refractivity contribution is 0.101. The van der Waals surface area contributed by atoms with E-state index in [0.29, 0.717) is 41.5 Å². The highest BCUT2D eigenvalue weighted by atomic mass is 16.5. The van der Waals surface area contributed by atoms with E-state index >= 15 is 0 Å². The molecule has 0 fully saturated rings. The van der Waals surface area contributed by atoms with Gasteiger partial charge in [0.2, 0.25) is 0 Å². The molecule has 0 aliphatic heterocycles. The maximum absolute atomic E-state index is 12.6. The minimum absolute atomic E-state index is 0.153. The zero-order valence-corrected chi connectivity index (χ0v) is 18.2. The molecule has 1 aromatic heterocycles. The van der Waals surface area contributed by atoms with Crippen LogP contribution in [-0.2, 0) is 6.54 Å². The predicted molar refractivity (Wildman–Crippen MR) is 128 cm³/mol. The lowest BCUT2D eigenvalue weighted by Gasteiger charge is -2.10. The summed E-state index contributed by atoms with van der Waals surface area (Å²) in [6, 6.07) is 23.9. The van der Waals surface area contributed by atoms with Crippen LogP contribution >= 0.6 is 0 Å². The van der Waals surface area contributed by atoms with Crippen LogP contribution < -0.4 is 15.4 Å². The third kappa shape index (κ3) is 5.65. The lowest BCUT2D eigenvalue weighted by Crippen LogP contribution is -2.13. The highest BCUT2D eigenvalue weighted by molar-refractivity contribution is 6.04. The van der Waals surface area contributed by atoms with E-state index in [-0.39, 0.29) is 11.8 Å². The molecule has 0 bridgehead atoms. The molecule has 1 heterocycles. The van der Waals surface area contributed by atoms with E-state index in [1.54, 1.807) is 30.7 Å². The number of hydrogen-bond donors (Lipinski definition) is 2. The number of carbonyl (C=O) groups excluding carboxylic acids is 2. The molecule has 0 unspecified atom stereocenters. The summed E-state index contributed by atoms with van der Waals surface area (Å²) in [5.74, 6) is 0.159. The fourth-order valence-corrected chi connectivity index (χ4v) is 3.30. The number of hydrogen-bond acceptors (Lipinski definition) is 4. The Hall–Kier alpha value is -4.39. The van der Waals surface area contributed by atoms with Gasteiger partial charge in [0, 0.05) is 24.0 Å². The van der Waals surface area contributed by atoms with Crippen molar-refractivity contribution < 1.29 is 14.3 Å². The van der Waals surface area contributed by atoms with Gasteiger partial charge >= 0.3 is 0 Å². The van der Waals surface area contributed by atoms with E-state index in [1.165, 1.54) is 0 Å². The van der Waals surface area contributed by atoms with Gasteiger partial charge in [0.25, 0.3) is 11.8 Å². The Morgan fingerprint density at radius 3 is 2.36 bits per heavy atom. The number of rotatable bonds is 8. The molecule has 0 atom stereocenters. The summed E-state index contributed by atoms with van der Waals surface area (Å²) in [6.45, 7) is 2.95. The molecule has 7 nitrogen and oxygen atoms in total. The lowest BCUT2D eigenvalue weighted by atomic mass is 10.2. The van der Waals surface area contributed by atoms with Gasteiger partial charge in [-0.3, -0.25) is 9.59 Å². The van der Waals surface area contributed by atoms with Crippen LogP contribution in [0.1, 0.15) is 33.3 Å². The third-order valence-corrected chi connectivity index (χ3v) is 4.91. The molecular formula is C26H24N4O3. The van der Waals surface area contributed by atoms with Crippen LogP contribution in [0.25, 0.3) is 0 Å². The zero-order valence-electron chi connectivity index (χ0n) is 18.2. The van der Waals surface area contributed by atoms with E-state index in [9.17, 15) is 9.59 Å². The Kier molecular flexibility index (Phi) is 6.80. The van der Waals surface area contributed by atoms with Gasteiger partial charge < -0.3 is 19.9 Å². The number of benzene rings is 3. The molecule has 0 spiro atoms. The predicted octanol–water partition coefficient (Wildman–Crippen LogP) is 4.83. The molecule has 7 heteroatoms. The Balaban J connectivity index is 1.36. The number of imidazole rings is 1. The quantitative estimate of drug-likeness (QED) is 0.411. The van der Waals surface area contributed by atoms with E-state index in [2.05, 4.69) is 15.6 Å². The average Bonchev–Trinajstić information content (AvgIpc) is 3.31. The van der Waals surface area contributed by atoms with Gasteiger partial charge in [0.05, 0.1) is 18.6 Å². The summed E-state index contributed by atoms with van der Waals surface area (Å²) < 4.78 is 7.38. The summed E-state index contributed by atoms with van der Waals surface area (Å²) in [5, 5.41) is 5.73. The van der Waals surface area contributed by atoms with Crippen LogP contribution in [0, 0.1) is 0 Å². The van der Waals surface area contributed by atoms with Crippen LogP contribution in [0.2, 0.25) is 0 Å². The number of carbonyl (C=O) groups is 2. The molecule has 0 saturated heterocycles. The molecule has 4 aromatic rings. The largest absolute Gasteiger partial charge is 0.492 e. The number of nitrogens with zero attached hydrogens (tertiary/aromatic N) is 2. The smallest absolute Gasteiger partial charge is 0.275 e. The van der Waals surface area contributed by atoms with Crippen LogP contribution in [0.3, 0.4) is 0 Å². The van der Waals surface area contributed by atoms with Crippen molar-refractivity contribution in [2.24, 2.45) is 0 Å². The van der Waals surface area contributed by atoms with E-state index in [0.717, 1.165) is 5.56 Å².